The van der Waals surface area contributed by atoms with E-state index in [1.807, 2.05) is 13.8 Å². The first kappa shape index (κ1) is 17.4. The van der Waals surface area contributed by atoms with Crippen molar-refractivity contribution in [1.29, 1.82) is 0 Å². The third-order valence-electron chi connectivity index (χ3n) is 3.53. The molecule has 0 heterocycles. The van der Waals surface area contributed by atoms with E-state index < -0.39 is 4.92 Å². The maximum atomic E-state index is 12.6. The molecule has 1 atom stereocenters. The minimum absolute atomic E-state index is 0.0419. The second-order valence-corrected chi connectivity index (χ2v) is 5.44. The minimum Gasteiger partial charge on any atom is -0.336 e. The van der Waals surface area contributed by atoms with Crippen molar-refractivity contribution < 1.29 is 9.72 Å². The van der Waals surface area contributed by atoms with Crippen LogP contribution in [0.2, 0.25) is 5.02 Å². The Bertz CT molecular complexity index is 520. The lowest BCUT2D eigenvalue weighted by molar-refractivity contribution is -0.384. The average Bonchev–Trinajstić information content (AvgIpc) is 2.47. The fourth-order valence-corrected chi connectivity index (χ4v) is 2.21. The van der Waals surface area contributed by atoms with Crippen LogP contribution in [0.3, 0.4) is 0 Å². The van der Waals surface area contributed by atoms with Crippen molar-refractivity contribution in [2.24, 2.45) is 0 Å². The van der Waals surface area contributed by atoms with E-state index in [-0.39, 0.29) is 22.7 Å². The van der Waals surface area contributed by atoms with Crippen LogP contribution in [0.25, 0.3) is 0 Å². The number of carbonyl (C=O) groups excluding carboxylic acids is 1. The summed E-state index contributed by atoms with van der Waals surface area (Å²) in [6.07, 6.45) is 2.73. The number of carbonyl (C=O) groups is 1. The van der Waals surface area contributed by atoms with Crippen LogP contribution in [0.1, 0.15) is 50.4 Å². The number of halogens is 1. The lowest BCUT2D eigenvalue weighted by Crippen LogP contribution is -2.39. The van der Waals surface area contributed by atoms with Gasteiger partial charge in [-0.1, -0.05) is 31.9 Å². The largest absolute Gasteiger partial charge is 0.336 e. The first-order valence-corrected chi connectivity index (χ1v) is 7.55. The molecule has 0 aliphatic rings. The zero-order chi connectivity index (χ0) is 16.0. The van der Waals surface area contributed by atoms with Crippen LogP contribution < -0.4 is 0 Å². The molecule has 0 saturated heterocycles. The Morgan fingerprint density at radius 3 is 2.62 bits per heavy atom. The first-order chi connectivity index (χ1) is 9.92. The molecule has 1 rings (SSSR count). The van der Waals surface area contributed by atoms with Crippen LogP contribution in [0.5, 0.6) is 0 Å². The summed E-state index contributed by atoms with van der Waals surface area (Å²) >= 11 is 5.78. The Hall–Kier alpha value is -1.62. The molecule has 0 aliphatic heterocycles. The predicted octanol–water partition coefficient (Wildman–Crippen LogP) is 4.29. The van der Waals surface area contributed by atoms with Crippen LogP contribution in [-0.4, -0.2) is 28.3 Å². The third kappa shape index (κ3) is 4.43. The van der Waals surface area contributed by atoms with Gasteiger partial charge in [-0.25, -0.2) is 0 Å². The summed E-state index contributed by atoms with van der Waals surface area (Å²) in [6.45, 7) is 6.71. The van der Waals surface area contributed by atoms with Crippen molar-refractivity contribution in [3.8, 4) is 0 Å². The highest BCUT2D eigenvalue weighted by molar-refractivity contribution is 6.32. The molecule has 0 saturated carbocycles. The summed E-state index contributed by atoms with van der Waals surface area (Å²) < 4.78 is 0. The Morgan fingerprint density at radius 2 is 2.10 bits per heavy atom. The fourth-order valence-electron chi connectivity index (χ4n) is 2.02. The highest BCUT2D eigenvalue weighted by atomic mass is 35.5. The summed E-state index contributed by atoms with van der Waals surface area (Å²) in [5.74, 6) is -0.183. The van der Waals surface area contributed by atoms with E-state index in [1.54, 1.807) is 11.0 Å². The van der Waals surface area contributed by atoms with E-state index in [2.05, 4.69) is 6.92 Å². The van der Waals surface area contributed by atoms with Crippen molar-refractivity contribution >= 4 is 23.2 Å². The lowest BCUT2D eigenvalue weighted by Gasteiger charge is -2.28. The van der Waals surface area contributed by atoms with Gasteiger partial charge < -0.3 is 4.90 Å². The number of amides is 1. The van der Waals surface area contributed by atoms with E-state index in [4.69, 9.17) is 11.6 Å². The maximum absolute atomic E-state index is 12.6. The second kappa shape index (κ2) is 7.98. The van der Waals surface area contributed by atoms with E-state index in [1.165, 1.54) is 12.1 Å². The first-order valence-electron chi connectivity index (χ1n) is 7.17. The second-order valence-electron chi connectivity index (χ2n) is 5.03. The Morgan fingerprint density at radius 1 is 1.43 bits per heavy atom. The Balaban J connectivity index is 3.08. The van der Waals surface area contributed by atoms with Crippen LogP contribution in [0.4, 0.5) is 5.69 Å². The van der Waals surface area contributed by atoms with Crippen molar-refractivity contribution in [2.45, 2.75) is 46.1 Å². The van der Waals surface area contributed by atoms with Crippen molar-refractivity contribution in [3.63, 3.8) is 0 Å². The molecule has 6 heteroatoms. The normalized spacial score (nSPS) is 12.0. The molecule has 0 aliphatic carbocycles. The molecule has 21 heavy (non-hydrogen) atoms. The zero-order valence-corrected chi connectivity index (χ0v) is 13.4. The van der Waals surface area contributed by atoms with Gasteiger partial charge in [-0.3, -0.25) is 14.9 Å². The highest BCUT2D eigenvalue weighted by Crippen LogP contribution is 2.26. The number of nitrogens with zero attached hydrogens (tertiary/aromatic N) is 2. The average molecular weight is 313 g/mol. The number of unbranched alkanes of at least 4 members (excludes halogenated alkanes) is 1. The van der Waals surface area contributed by atoms with E-state index in [0.717, 1.165) is 19.3 Å². The van der Waals surface area contributed by atoms with Crippen LogP contribution in [-0.2, 0) is 0 Å². The molecule has 0 N–H and O–H groups in total. The molecular formula is C15H21ClN2O3. The molecule has 0 aromatic heterocycles. The fraction of sp³-hybridized carbons (Fsp3) is 0.533. The van der Waals surface area contributed by atoms with Crippen molar-refractivity contribution in [2.75, 3.05) is 6.54 Å². The smallest absolute Gasteiger partial charge is 0.288 e. The number of benzene rings is 1. The van der Waals surface area contributed by atoms with Crippen molar-refractivity contribution in [3.05, 3.63) is 38.9 Å². The SMILES string of the molecule is CCCCN(C(=O)c1ccc(Cl)c([N+](=O)[O-])c1)C(C)CC. The zero-order valence-electron chi connectivity index (χ0n) is 12.6. The van der Waals surface area contributed by atoms with Gasteiger partial charge in [-0.15, -0.1) is 0 Å². The molecule has 0 bridgehead atoms. The van der Waals surface area contributed by atoms with Crippen LogP contribution >= 0.6 is 11.6 Å². The molecule has 0 fully saturated rings. The molecule has 0 radical (unpaired) electrons. The van der Waals surface area contributed by atoms with Crippen molar-refractivity contribution in [1.82, 2.24) is 4.90 Å². The molecule has 1 amide bonds. The highest BCUT2D eigenvalue weighted by Gasteiger charge is 2.23. The van der Waals surface area contributed by atoms with E-state index >= 15 is 0 Å². The van der Waals surface area contributed by atoms with Gasteiger partial charge in [0.05, 0.1) is 4.92 Å². The third-order valence-corrected chi connectivity index (χ3v) is 3.85. The van der Waals surface area contributed by atoms with E-state index in [9.17, 15) is 14.9 Å². The minimum atomic E-state index is -0.571. The van der Waals surface area contributed by atoms with Gasteiger partial charge in [0.25, 0.3) is 11.6 Å². The number of hydrogen-bond donors (Lipinski definition) is 0. The Labute approximate surface area is 130 Å². The summed E-state index contributed by atoms with van der Waals surface area (Å²) in [4.78, 5) is 24.7. The van der Waals surface area contributed by atoms with Gasteiger partial charge in [-0.2, -0.15) is 0 Å². The molecule has 1 aromatic carbocycles. The van der Waals surface area contributed by atoms with Crippen LogP contribution in [0.15, 0.2) is 18.2 Å². The lowest BCUT2D eigenvalue weighted by atomic mass is 10.1. The molecule has 1 unspecified atom stereocenters. The molecular weight excluding hydrogens is 292 g/mol. The monoisotopic (exact) mass is 312 g/mol. The molecule has 116 valence electrons. The molecule has 5 nitrogen and oxygen atoms in total. The van der Waals surface area contributed by atoms with E-state index in [0.29, 0.717) is 12.1 Å². The number of nitro groups is 1. The Kier molecular flexibility index (Phi) is 6.62. The van der Waals surface area contributed by atoms with Gasteiger partial charge in [0, 0.05) is 24.2 Å². The summed E-state index contributed by atoms with van der Waals surface area (Å²) in [5.41, 5.74) is 0.0737. The molecule has 1 aromatic rings. The quantitative estimate of drug-likeness (QED) is 0.557. The number of hydrogen-bond acceptors (Lipinski definition) is 3. The predicted molar refractivity (Wildman–Crippen MR) is 83.8 cm³/mol. The van der Waals surface area contributed by atoms with Gasteiger partial charge in [0.1, 0.15) is 5.02 Å². The van der Waals surface area contributed by atoms with Gasteiger partial charge in [-0.05, 0) is 31.9 Å². The van der Waals surface area contributed by atoms with Gasteiger partial charge in [0.15, 0.2) is 0 Å². The molecule has 0 spiro atoms. The number of nitro benzene ring substituents is 1. The topological polar surface area (TPSA) is 63.5 Å². The summed E-state index contributed by atoms with van der Waals surface area (Å²) in [6, 6.07) is 4.30. The summed E-state index contributed by atoms with van der Waals surface area (Å²) in [5, 5.41) is 11.0. The van der Waals surface area contributed by atoms with Gasteiger partial charge >= 0.3 is 0 Å². The summed E-state index contributed by atoms with van der Waals surface area (Å²) in [7, 11) is 0. The standard InChI is InChI=1S/C15H21ClN2O3/c1-4-6-9-17(11(3)5-2)15(19)12-7-8-13(16)14(10-12)18(20)21/h7-8,10-11H,4-6,9H2,1-3H3. The maximum Gasteiger partial charge on any atom is 0.288 e. The number of rotatable bonds is 7. The van der Waals surface area contributed by atoms with Crippen LogP contribution in [0, 0.1) is 10.1 Å². The van der Waals surface area contributed by atoms with Gasteiger partial charge in [0.2, 0.25) is 0 Å².